The second-order valence-electron chi connectivity index (χ2n) is 5.78. The van der Waals surface area contributed by atoms with Crippen molar-refractivity contribution < 1.29 is 17.7 Å². The van der Waals surface area contributed by atoms with Crippen LogP contribution in [0.1, 0.15) is 12.8 Å². The van der Waals surface area contributed by atoms with Gasteiger partial charge in [-0.2, -0.15) is 0 Å². The molecule has 0 spiro atoms. The maximum Gasteiger partial charge on any atom is 0.263 e. The van der Waals surface area contributed by atoms with Gasteiger partial charge in [-0.15, -0.1) is 0 Å². The summed E-state index contributed by atoms with van der Waals surface area (Å²) in [6.45, 7) is 0.661. The molecule has 1 fully saturated rings. The highest BCUT2D eigenvalue weighted by Crippen LogP contribution is 2.26. The summed E-state index contributed by atoms with van der Waals surface area (Å²) >= 11 is 0. The number of anilines is 2. The molecule has 1 aliphatic rings. The summed E-state index contributed by atoms with van der Waals surface area (Å²) in [5.74, 6) is 0.206. The summed E-state index contributed by atoms with van der Waals surface area (Å²) in [4.78, 5) is 13.5. The van der Waals surface area contributed by atoms with Gasteiger partial charge in [0.2, 0.25) is 5.91 Å². The monoisotopic (exact) mass is 357 g/mol. The quantitative estimate of drug-likeness (QED) is 0.775. The van der Waals surface area contributed by atoms with Crippen LogP contribution in [0.5, 0.6) is 0 Å². The molecular weight excluding hydrogens is 342 g/mol. The summed E-state index contributed by atoms with van der Waals surface area (Å²) in [6.07, 6.45) is 1.35. The van der Waals surface area contributed by atoms with E-state index in [9.17, 15) is 13.2 Å². The molecule has 1 saturated heterocycles. The van der Waals surface area contributed by atoms with Gasteiger partial charge in [-0.3, -0.25) is 9.52 Å². The van der Waals surface area contributed by atoms with Crippen LogP contribution in [-0.2, 0) is 14.8 Å². The first-order valence-corrected chi connectivity index (χ1v) is 9.30. The van der Waals surface area contributed by atoms with E-state index in [-0.39, 0.29) is 16.6 Å². The number of para-hydroxylation sites is 1. The minimum atomic E-state index is -3.80. The molecule has 2 heterocycles. The van der Waals surface area contributed by atoms with Crippen LogP contribution in [0.4, 0.5) is 11.5 Å². The van der Waals surface area contributed by atoms with Crippen molar-refractivity contribution in [2.45, 2.75) is 17.7 Å². The van der Waals surface area contributed by atoms with E-state index in [4.69, 9.17) is 4.52 Å². The number of fused-ring (bicyclic) bond motifs is 1. The molecule has 0 atom stereocenters. The maximum atomic E-state index is 12.6. The first-order valence-electron chi connectivity index (χ1n) is 7.82. The lowest BCUT2D eigenvalue weighted by atomic mass is 10.2. The normalized spacial score (nSPS) is 15.0. The predicted octanol–water partition coefficient (Wildman–Crippen LogP) is 2.76. The number of hydrogen-bond acceptors (Lipinski definition) is 5. The minimum Gasteiger partial charge on any atom is -0.354 e. The summed E-state index contributed by atoms with van der Waals surface area (Å²) in [6, 6.07) is 13.2. The number of hydrogen-bond donors (Lipinski definition) is 1. The molecule has 128 valence electrons. The van der Waals surface area contributed by atoms with Gasteiger partial charge in [0, 0.05) is 18.7 Å². The van der Waals surface area contributed by atoms with E-state index in [0.717, 1.165) is 6.42 Å². The number of amides is 1. The van der Waals surface area contributed by atoms with Crippen LogP contribution in [-0.4, -0.2) is 26.0 Å². The molecule has 0 aliphatic carbocycles. The Morgan fingerprint density at radius 1 is 1.08 bits per heavy atom. The fraction of sp³-hybridized carbons (Fsp3) is 0.176. The summed E-state index contributed by atoms with van der Waals surface area (Å²) in [5, 5.41) is 4.37. The molecule has 4 rings (SSSR count). The molecule has 1 aliphatic heterocycles. The molecule has 0 saturated carbocycles. The largest absolute Gasteiger partial charge is 0.354 e. The highest BCUT2D eigenvalue weighted by molar-refractivity contribution is 7.92. The molecule has 2 aromatic carbocycles. The van der Waals surface area contributed by atoms with Crippen molar-refractivity contribution >= 4 is 38.4 Å². The number of carbonyl (C=O) groups excluding carboxylic acids is 1. The Morgan fingerprint density at radius 3 is 2.56 bits per heavy atom. The molecule has 0 unspecified atom stereocenters. The fourth-order valence-electron chi connectivity index (χ4n) is 2.87. The number of nitrogens with one attached hydrogen (secondary N) is 1. The Labute approximate surface area is 144 Å². The van der Waals surface area contributed by atoms with E-state index in [1.54, 1.807) is 41.3 Å². The van der Waals surface area contributed by atoms with Gasteiger partial charge in [0.25, 0.3) is 10.0 Å². The molecule has 1 N–H and O–H groups in total. The Bertz CT molecular complexity index is 1040. The lowest BCUT2D eigenvalue weighted by Crippen LogP contribution is -2.23. The van der Waals surface area contributed by atoms with Crippen molar-refractivity contribution in [3.05, 3.63) is 48.5 Å². The molecule has 0 radical (unpaired) electrons. The van der Waals surface area contributed by atoms with Crippen molar-refractivity contribution in [3.63, 3.8) is 0 Å². The van der Waals surface area contributed by atoms with E-state index < -0.39 is 10.0 Å². The van der Waals surface area contributed by atoms with Crippen LogP contribution in [0.2, 0.25) is 0 Å². The molecule has 8 heteroatoms. The Kier molecular flexibility index (Phi) is 3.69. The number of nitrogens with zero attached hydrogens (tertiary/aromatic N) is 2. The molecule has 3 aromatic rings. The highest BCUT2D eigenvalue weighted by atomic mass is 32.2. The zero-order valence-electron chi connectivity index (χ0n) is 13.2. The summed E-state index contributed by atoms with van der Waals surface area (Å²) in [7, 11) is -3.80. The maximum absolute atomic E-state index is 12.6. The van der Waals surface area contributed by atoms with Crippen LogP contribution >= 0.6 is 0 Å². The lowest BCUT2D eigenvalue weighted by Gasteiger charge is -2.16. The van der Waals surface area contributed by atoms with Gasteiger partial charge in [0.1, 0.15) is 0 Å². The average molecular weight is 357 g/mol. The number of rotatable bonds is 4. The second-order valence-corrected chi connectivity index (χ2v) is 7.46. The van der Waals surface area contributed by atoms with Crippen molar-refractivity contribution in [3.8, 4) is 0 Å². The zero-order valence-corrected chi connectivity index (χ0v) is 14.0. The minimum absolute atomic E-state index is 0.0581. The van der Waals surface area contributed by atoms with Crippen molar-refractivity contribution in [1.82, 2.24) is 5.16 Å². The lowest BCUT2D eigenvalue weighted by molar-refractivity contribution is -0.117. The van der Waals surface area contributed by atoms with E-state index in [1.165, 1.54) is 12.1 Å². The van der Waals surface area contributed by atoms with Crippen molar-refractivity contribution in [2.24, 2.45) is 0 Å². The van der Waals surface area contributed by atoms with E-state index >= 15 is 0 Å². The third-order valence-corrected chi connectivity index (χ3v) is 5.50. The first-order chi connectivity index (χ1) is 12.0. The Hall–Kier alpha value is -2.87. The third-order valence-electron chi connectivity index (χ3n) is 4.14. The van der Waals surface area contributed by atoms with Gasteiger partial charge in [-0.1, -0.05) is 17.3 Å². The summed E-state index contributed by atoms with van der Waals surface area (Å²) in [5.41, 5.74) is 1.21. The molecular formula is C17H15N3O4S. The molecule has 1 amide bonds. The van der Waals surface area contributed by atoms with E-state index in [2.05, 4.69) is 9.88 Å². The molecule has 0 bridgehead atoms. The van der Waals surface area contributed by atoms with Gasteiger partial charge < -0.3 is 9.42 Å². The number of sulfonamides is 1. The topological polar surface area (TPSA) is 92.5 Å². The predicted molar refractivity (Wildman–Crippen MR) is 92.8 cm³/mol. The van der Waals surface area contributed by atoms with Crippen LogP contribution in [0.3, 0.4) is 0 Å². The highest BCUT2D eigenvalue weighted by Gasteiger charge is 2.23. The summed E-state index contributed by atoms with van der Waals surface area (Å²) < 4.78 is 32.7. The van der Waals surface area contributed by atoms with Crippen LogP contribution in [0.25, 0.3) is 11.0 Å². The van der Waals surface area contributed by atoms with Gasteiger partial charge in [0.15, 0.2) is 11.4 Å². The van der Waals surface area contributed by atoms with E-state index in [0.29, 0.717) is 29.6 Å². The van der Waals surface area contributed by atoms with E-state index in [1.807, 2.05) is 0 Å². The van der Waals surface area contributed by atoms with Crippen LogP contribution in [0, 0.1) is 0 Å². The average Bonchev–Trinajstić information content (AvgIpc) is 3.21. The van der Waals surface area contributed by atoms with Crippen LogP contribution in [0.15, 0.2) is 57.9 Å². The fourth-order valence-corrected chi connectivity index (χ4v) is 3.89. The van der Waals surface area contributed by atoms with Gasteiger partial charge in [-0.25, -0.2) is 8.42 Å². The Morgan fingerprint density at radius 2 is 1.84 bits per heavy atom. The third kappa shape index (κ3) is 2.85. The molecule has 25 heavy (non-hydrogen) atoms. The van der Waals surface area contributed by atoms with Crippen molar-refractivity contribution in [2.75, 3.05) is 16.2 Å². The number of benzene rings is 2. The standard InChI is InChI=1S/C17H15N3O4S/c21-16-6-3-11-20(16)12-7-9-13(10-8-12)25(22,23)19-17-14-4-1-2-5-15(14)24-18-17/h1-2,4-5,7-10H,3,6,11H2,(H,18,19). The number of aromatic nitrogens is 1. The van der Waals surface area contributed by atoms with Gasteiger partial charge in [-0.05, 0) is 42.8 Å². The smallest absolute Gasteiger partial charge is 0.263 e. The van der Waals surface area contributed by atoms with Crippen LogP contribution < -0.4 is 9.62 Å². The van der Waals surface area contributed by atoms with Gasteiger partial charge >= 0.3 is 0 Å². The molecule has 1 aromatic heterocycles. The SMILES string of the molecule is O=C1CCCN1c1ccc(S(=O)(=O)Nc2noc3ccccc23)cc1. The Balaban J connectivity index is 1.61. The first kappa shape index (κ1) is 15.6. The second kappa shape index (κ2) is 5.89. The zero-order chi connectivity index (χ0) is 17.4. The number of carbonyl (C=O) groups is 1. The molecule has 7 nitrogen and oxygen atoms in total. The van der Waals surface area contributed by atoms with Crippen molar-refractivity contribution in [1.29, 1.82) is 0 Å². The van der Waals surface area contributed by atoms with Gasteiger partial charge in [0.05, 0.1) is 10.3 Å².